The molecule has 1 N–H and O–H groups in total. The molecule has 2 aliphatic heterocycles. The first-order valence-corrected chi connectivity index (χ1v) is 12.3. The molecule has 0 unspecified atom stereocenters. The fourth-order valence-corrected chi connectivity index (χ4v) is 5.40. The minimum atomic E-state index is -0.446. The van der Waals surface area contributed by atoms with Crippen molar-refractivity contribution in [3.8, 4) is 0 Å². The van der Waals surface area contributed by atoms with Gasteiger partial charge in [-0.25, -0.2) is 0 Å². The fourth-order valence-electron chi connectivity index (χ4n) is 4.51. The van der Waals surface area contributed by atoms with Crippen molar-refractivity contribution in [1.29, 1.82) is 5.41 Å². The van der Waals surface area contributed by atoms with E-state index in [1.165, 1.54) is 23.9 Å². The molecule has 4 aromatic rings. The number of para-hydroxylation sites is 1. The summed E-state index contributed by atoms with van der Waals surface area (Å²) in [7, 11) is 0. The number of carbonyl (C=O) groups is 1. The summed E-state index contributed by atoms with van der Waals surface area (Å²) in [5.41, 5.74) is 4.67. The molecule has 3 heterocycles. The monoisotopic (exact) mass is 505 g/mol. The van der Waals surface area contributed by atoms with E-state index in [0.717, 1.165) is 33.3 Å². The number of benzene rings is 3. The lowest BCUT2D eigenvalue weighted by molar-refractivity contribution is -0.384. The molecule has 0 fully saturated rings. The Morgan fingerprint density at radius 1 is 1.00 bits per heavy atom. The van der Waals surface area contributed by atoms with Crippen molar-refractivity contribution in [3.05, 3.63) is 123 Å². The number of nitrogens with zero attached hydrogens (tertiary/aromatic N) is 4. The second-order valence-corrected chi connectivity index (χ2v) is 9.42. The normalized spacial score (nSPS) is 16.2. The summed E-state index contributed by atoms with van der Waals surface area (Å²) in [5, 5.41) is 23.2. The lowest BCUT2D eigenvalue weighted by atomic mass is 10.1. The van der Waals surface area contributed by atoms with Gasteiger partial charge in [0.15, 0.2) is 5.17 Å². The maximum absolute atomic E-state index is 13.0. The number of thioether (sulfide) groups is 1. The number of amidine groups is 2. The molecule has 1 amide bonds. The quantitative estimate of drug-likeness (QED) is 0.206. The van der Waals surface area contributed by atoms with Crippen molar-refractivity contribution < 1.29 is 9.72 Å². The molecule has 2 aliphatic rings. The first kappa shape index (κ1) is 22.7. The van der Waals surface area contributed by atoms with E-state index in [9.17, 15) is 14.9 Å². The van der Waals surface area contributed by atoms with Gasteiger partial charge in [0.2, 0.25) is 0 Å². The van der Waals surface area contributed by atoms with Crippen LogP contribution >= 0.6 is 11.8 Å². The van der Waals surface area contributed by atoms with Gasteiger partial charge in [0.1, 0.15) is 5.84 Å². The van der Waals surface area contributed by atoms with Crippen LogP contribution in [0.2, 0.25) is 0 Å². The maximum Gasteiger partial charge on any atom is 0.283 e. The molecular formula is C28H19N5O3S. The Balaban J connectivity index is 1.38. The molecule has 8 nitrogen and oxygen atoms in total. The Hall–Kier alpha value is -4.76. The molecule has 0 aliphatic carbocycles. The number of rotatable bonds is 5. The van der Waals surface area contributed by atoms with Gasteiger partial charge in [-0.15, -0.1) is 0 Å². The Kier molecular flexibility index (Phi) is 5.54. The van der Waals surface area contributed by atoms with Crippen molar-refractivity contribution in [2.45, 2.75) is 6.54 Å². The van der Waals surface area contributed by atoms with Crippen LogP contribution in [0, 0.1) is 15.5 Å². The summed E-state index contributed by atoms with van der Waals surface area (Å²) in [6.07, 6.45) is 3.66. The van der Waals surface area contributed by atoms with Crippen molar-refractivity contribution in [2.75, 3.05) is 0 Å². The van der Waals surface area contributed by atoms with E-state index >= 15 is 0 Å². The Labute approximate surface area is 215 Å². The van der Waals surface area contributed by atoms with Gasteiger partial charge in [0.05, 0.1) is 16.2 Å². The largest absolute Gasteiger partial charge is 0.342 e. The van der Waals surface area contributed by atoms with Crippen LogP contribution in [0.5, 0.6) is 0 Å². The number of nitro benzene ring substituents is 1. The van der Waals surface area contributed by atoms with E-state index in [1.807, 2.05) is 70.8 Å². The highest BCUT2D eigenvalue weighted by Crippen LogP contribution is 2.37. The summed E-state index contributed by atoms with van der Waals surface area (Å²) >= 11 is 1.33. The lowest BCUT2D eigenvalue weighted by Gasteiger charge is -2.26. The molecule has 180 valence electrons. The van der Waals surface area contributed by atoms with Crippen LogP contribution in [0.4, 0.5) is 5.69 Å². The van der Waals surface area contributed by atoms with Gasteiger partial charge in [-0.05, 0) is 23.3 Å². The first-order chi connectivity index (χ1) is 18.0. The van der Waals surface area contributed by atoms with Crippen LogP contribution in [0.3, 0.4) is 0 Å². The Morgan fingerprint density at radius 3 is 2.49 bits per heavy atom. The summed E-state index contributed by atoms with van der Waals surface area (Å²) in [4.78, 5) is 29.6. The predicted octanol–water partition coefficient (Wildman–Crippen LogP) is 5.90. The van der Waals surface area contributed by atoms with Crippen molar-refractivity contribution in [3.63, 3.8) is 0 Å². The zero-order valence-corrected chi connectivity index (χ0v) is 20.2. The van der Waals surface area contributed by atoms with E-state index in [1.54, 1.807) is 23.1 Å². The molecule has 6 rings (SSSR count). The van der Waals surface area contributed by atoms with Crippen molar-refractivity contribution >= 4 is 57.0 Å². The fraction of sp³-hybridized carbons (Fsp3) is 0.0357. The van der Waals surface area contributed by atoms with E-state index < -0.39 is 10.8 Å². The number of nitro groups is 1. The molecule has 9 heteroatoms. The summed E-state index contributed by atoms with van der Waals surface area (Å²) < 4.78 is 2.04. The van der Waals surface area contributed by atoms with Crippen LogP contribution < -0.4 is 0 Å². The van der Waals surface area contributed by atoms with Crippen LogP contribution in [-0.4, -0.2) is 31.3 Å². The highest BCUT2D eigenvalue weighted by atomic mass is 32.2. The standard InChI is InChI=1S/C28H19N5O3S/c29-26-23(27(34)30-28-32(26)25(17-37-28)19-6-2-1-3-7-19)14-20-16-31(24-9-5-4-8-22(20)24)15-18-10-12-21(13-11-18)33(35)36/h1-14,16-17,29H,15H2/b23-14+,29-26?. The van der Waals surface area contributed by atoms with E-state index in [4.69, 9.17) is 5.41 Å². The summed E-state index contributed by atoms with van der Waals surface area (Å²) in [6.45, 7) is 0.499. The molecule has 1 aromatic heterocycles. The summed E-state index contributed by atoms with van der Waals surface area (Å²) in [6, 6.07) is 24.0. The zero-order valence-electron chi connectivity index (χ0n) is 19.4. The van der Waals surface area contributed by atoms with Crippen LogP contribution in [-0.2, 0) is 11.3 Å². The third-order valence-corrected chi connectivity index (χ3v) is 7.13. The van der Waals surface area contributed by atoms with Gasteiger partial charge >= 0.3 is 0 Å². The number of aliphatic imine (C=N–C) groups is 1. The lowest BCUT2D eigenvalue weighted by Crippen LogP contribution is -2.37. The Morgan fingerprint density at radius 2 is 1.73 bits per heavy atom. The topological polar surface area (TPSA) is 105 Å². The number of nitrogens with one attached hydrogen (secondary N) is 1. The van der Waals surface area contributed by atoms with Crippen molar-refractivity contribution in [1.82, 2.24) is 9.47 Å². The van der Waals surface area contributed by atoms with Gasteiger partial charge in [0.25, 0.3) is 11.6 Å². The molecule has 0 saturated carbocycles. The van der Waals surface area contributed by atoms with Gasteiger partial charge in [0, 0.05) is 46.7 Å². The van der Waals surface area contributed by atoms with Gasteiger partial charge < -0.3 is 4.57 Å². The van der Waals surface area contributed by atoms with Crippen LogP contribution in [0.1, 0.15) is 16.7 Å². The first-order valence-electron chi connectivity index (χ1n) is 11.5. The maximum atomic E-state index is 13.0. The molecule has 0 radical (unpaired) electrons. The minimum absolute atomic E-state index is 0.0461. The number of carbonyl (C=O) groups excluding carboxylic acids is 1. The van der Waals surface area contributed by atoms with Gasteiger partial charge in [-0.3, -0.25) is 25.2 Å². The number of aromatic nitrogens is 1. The van der Waals surface area contributed by atoms with E-state index in [-0.39, 0.29) is 17.1 Å². The van der Waals surface area contributed by atoms with Gasteiger partial charge in [-0.1, -0.05) is 72.4 Å². The molecule has 0 saturated heterocycles. The Bertz CT molecular complexity index is 1680. The average Bonchev–Trinajstić information content (AvgIpc) is 3.49. The third-order valence-electron chi connectivity index (χ3n) is 6.30. The number of amides is 1. The van der Waals surface area contributed by atoms with Crippen LogP contribution in [0.25, 0.3) is 22.7 Å². The summed E-state index contributed by atoms with van der Waals surface area (Å²) in [5.74, 6) is -0.360. The third kappa shape index (κ3) is 4.05. The highest BCUT2D eigenvalue weighted by Gasteiger charge is 2.36. The second kappa shape index (κ2) is 9.03. The van der Waals surface area contributed by atoms with Gasteiger partial charge in [-0.2, -0.15) is 4.99 Å². The predicted molar refractivity (Wildman–Crippen MR) is 146 cm³/mol. The van der Waals surface area contributed by atoms with E-state index in [0.29, 0.717) is 11.7 Å². The smallest absolute Gasteiger partial charge is 0.283 e. The molecule has 0 atom stereocenters. The number of fused-ring (bicyclic) bond motifs is 2. The molecule has 0 spiro atoms. The SMILES string of the molecule is N=C1/C(=C\c2cn(Cc3ccc([N+](=O)[O-])cc3)c3ccccc23)C(=O)N=C2SC=C(c3ccccc3)N12. The molecular weight excluding hydrogens is 486 g/mol. The number of hydrogen-bond acceptors (Lipinski definition) is 5. The minimum Gasteiger partial charge on any atom is -0.342 e. The van der Waals surface area contributed by atoms with Crippen molar-refractivity contribution in [2.24, 2.45) is 4.99 Å². The zero-order chi connectivity index (χ0) is 25.5. The number of hydrogen-bond donors (Lipinski definition) is 1. The van der Waals surface area contributed by atoms with Crippen LogP contribution in [0.15, 0.2) is 101 Å². The molecule has 0 bridgehead atoms. The average molecular weight is 506 g/mol. The number of non-ortho nitro benzene ring substituents is 1. The molecule has 3 aromatic carbocycles. The second-order valence-electron chi connectivity index (χ2n) is 8.58. The highest BCUT2D eigenvalue weighted by molar-refractivity contribution is 8.17. The van der Waals surface area contributed by atoms with E-state index in [2.05, 4.69) is 4.99 Å². The molecule has 37 heavy (non-hydrogen) atoms.